The fourth-order valence-electron chi connectivity index (χ4n) is 2.65. The van der Waals surface area contributed by atoms with Gasteiger partial charge in [-0.1, -0.05) is 0 Å². The normalized spacial score (nSPS) is 10.9. The van der Waals surface area contributed by atoms with Gasteiger partial charge >= 0.3 is 0 Å². The molecular weight excluding hydrogens is 276 g/mol. The van der Waals surface area contributed by atoms with Gasteiger partial charge in [-0.15, -0.1) is 0 Å². The maximum Gasteiger partial charge on any atom is 0.180 e. The smallest absolute Gasteiger partial charge is 0.180 e. The lowest BCUT2D eigenvalue weighted by molar-refractivity contribution is 0.337. The predicted molar refractivity (Wildman–Crippen MR) is 87.8 cm³/mol. The van der Waals surface area contributed by atoms with Crippen LogP contribution in [0.5, 0.6) is 11.5 Å². The standard InChI is InChI=1S/C18H20N2O2/c1-5-22-17-10-12(2)14(9-13(17)3)15-11-20-8-6-7-16(21-4)18(20)19-15/h6-11H,5H2,1-4H3. The van der Waals surface area contributed by atoms with E-state index < -0.39 is 0 Å². The lowest BCUT2D eigenvalue weighted by Crippen LogP contribution is -1.96. The van der Waals surface area contributed by atoms with Crippen LogP contribution in [0.15, 0.2) is 36.7 Å². The third-order valence-electron chi connectivity index (χ3n) is 3.76. The minimum absolute atomic E-state index is 0.672. The SMILES string of the molecule is CCOc1cc(C)c(-c2cn3cccc(OC)c3n2)cc1C. The molecule has 4 heteroatoms. The van der Waals surface area contributed by atoms with Crippen LogP contribution in [0, 0.1) is 13.8 Å². The summed E-state index contributed by atoms with van der Waals surface area (Å²) in [7, 11) is 1.66. The highest BCUT2D eigenvalue weighted by Gasteiger charge is 2.12. The lowest BCUT2D eigenvalue weighted by Gasteiger charge is -2.11. The average molecular weight is 296 g/mol. The topological polar surface area (TPSA) is 35.8 Å². The van der Waals surface area contributed by atoms with Gasteiger partial charge in [0.25, 0.3) is 0 Å². The fraction of sp³-hybridized carbons (Fsp3) is 0.278. The molecule has 22 heavy (non-hydrogen) atoms. The highest BCUT2D eigenvalue weighted by Crippen LogP contribution is 2.31. The first-order valence-electron chi connectivity index (χ1n) is 7.40. The number of nitrogens with zero attached hydrogens (tertiary/aromatic N) is 2. The number of pyridine rings is 1. The Morgan fingerprint density at radius 2 is 1.95 bits per heavy atom. The van der Waals surface area contributed by atoms with E-state index in [0.29, 0.717) is 6.61 Å². The summed E-state index contributed by atoms with van der Waals surface area (Å²) in [5.74, 6) is 1.71. The van der Waals surface area contributed by atoms with E-state index in [1.165, 1.54) is 0 Å². The molecule has 0 aliphatic rings. The predicted octanol–water partition coefficient (Wildman–Crippen LogP) is 4.03. The molecule has 3 rings (SSSR count). The number of rotatable bonds is 4. The Bertz CT molecular complexity index is 821. The summed E-state index contributed by atoms with van der Waals surface area (Å²) < 4.78 is 13.0. The Balaban J connectivity index is 2.13. The molecule has 0 unspecified atom stereocenters. The molecule has 0 fully saturated rings. The number of imidazole rings is 1. The summed E-state index contributed by atoms with van der Waals surface area (Å²) in [5, 5.41) is 0. The monoisotopic (exact) mass is 296 g/mol. The van der Waals surface area contributed by atoms with Crippen molar-refractivity contribution in [3.63, 3.8) is 0 Å². The molecule has 0 N–H and O–H groups in total. The number of aryl methyl sites for hydroxylation is 2. The van der Waals surface area contributed by atoms with E-state index in [4.69, 9.17) is 14.5 Å². The molecule has 0 atom stereocenters. The first-order valence-corrected chi connectivity index (χ1v) is 7.40. The third-order valence-corrected chi connectivity index (χ3v) is 3.76. The van der Waals surface area contributed by atoms with Crippen LogP contribution in [-0.4, -0.2) is 23.1 Å². The van der Waals surface area contributed by atoms with Gasteiger partial charge in [-0.3, -0.25) is 0 Å². The number of hydrogen-bond donors (Lipinski definition) is 0. The van der Waals surface area contributed by atoms with Crippen molar-refractivity contribution in [1.82, 2.24) is 9.38 Å². The number of aromatic nitrogens is 2. The molecule has 0 spiro atoms. The van der Waals surface area contributed by atoms with Crippen molar-refractivity contribution in [2.24, 2.45) is 0 Å². The number of benzene rings is 1. The summed E-state index contributed by atoms with van der Waals surface area (Å²) in [6, 6.07) is 8.08. The zero-order valence-corrected chi connectivity index (χ0v) is 13.4. The van der Waals surface area contributed by atoms with E-state index >= 15 is 0 Å². The van der Waals surface area contributed by atoms with Crippen molar-refractivity contribution in [2.45, 2.75) is 20.8 Å². The Morgan fingerprint density at radius 3 is 2.68 bits per heavy atom. The largest absolute Gasteiger partial charge is 0.494 e. The zero-order valence-electron chi connectivity index (χ0n) is 13.4. The highest BCUT2D eigenvalue weighted by atomic mass is 16.5. The lowest BCUT2D eigenvalue weighted by atomic mass is 10.0. The van der Waals surface area contributed by atoms with Gasteiger partial charge in [0.2, 0.25) is 0 Å². The summed E-state index contributed by atoms with van der Waals surface area (Å²) in [5.41, 5.74) is 5.15. The van der Waals surface area contributed by atoms with Crippen LogP contribution in [0.4, 0.5) is 0 Å². The molecule has 114 valence electrons. The van der Waals surface area contributed by atoms with E-state index in [1.54, 1.807) is 7.11 Å². The molecule has 2 aromatic heterocycles. The van der Waals surface area contributed by atoms with E-state index in [-0.39, 0.29) is 0 Å². The minimum Gasteiger partial charge on any atom is -0.494 e. The van der Waals surface area contributed by atoms with Crippen molar-refractivity contribution < 1.29 is 9.47 Å². The Labute approximate surface area is 130 Å². The molecule has 3 aromatic rings. The van der Waals surface area contributed by atoms with Crippen molar-refractivity contribution in [2.75, 3.05) is 13.7 Å². The Morgan fingerprint density at radius 1 is 1.14 bits per heavy atom. The molecule has 0 saturated heterocycles. The van der Waals surface area contributed by atoms with Gasteiger partial charge in [0.1, 0.15) is 5.75 Å². The molecule has 0 aliphatic heterocycles. The minimum atomic E-state index is 0.672. The van der Waals surface area contributed by atoms with E-state index in [0.717, 1.165) is 39.5 Å². The number of ether oxygens (including phenoxy) is 2. The van der Waals surface area contributed by atoms with Crippen molar-refractivity contribution in [1.29, 1.82) is 0 Å². The maximum absolute atomic E-state index is 5.66. The molecule has 0 amide bonds. The number of fused-ring (bicyclic) bond motifs is 1. The van der Waals surface area contributed by atoms with Gasteiger partial charge in [-0.05, 0) is 56.2 Å². The maximum atomic E-state index is 5.66. The Hall–Kier alpha value is -2.49. The summed E-state index contributed by atoms with van der Waals surface area (Å²) in [6.45, 7) is 6.81. The van der Waals surface area contributed by atoms with Crippen molar-refractivity contribution in [3.8, 4) is 22.8 Å². The molecule has 1 aromatic carbocycles. The second-order valence-electron chi connectivity index (χ2n) is 5.30. The van der Waals surface area contributed by atoms with Gasteiger partial charge in [0.05, 0.1) is 19.4 Å². The summed E-state index contributed by atoms with van der Waals surface area (Å²) in [6.07, 6.45) is 4.01. The molecule has 4 nitrogen and oxygen atoms in total. The van der Waals surface area contributed by atoms with Crippen molar-refractivity contribution in [3.05, 3.63) is 47.8 Å². The average Bonchev–Trinajstić information content (AvgIpc) is 2.94. The Kier molecular flexibility index (Phi) is 3.75. The zero-order chi connectivity index (χ0) is 15.7. The van der Waals surface area contributed by atoms with E-state index in [2.05, 4.69) is 26.0 Å². The van der Waals surface area contributed by atoms with Crippen molar-refractivity contribution >= 4 is 5.65 Å². The van der Waals surface area contributed by atoms with Crippen LogP contribution in [0.3, 0.4) is 0 Å². The third kappa shape index (κ3) is 2.41. The number of hydrogen-bond acceptors (Lipinski definition) is 3. The molecule has 0 aliphatic carbocycles. The fourth-order valence-corrected chi connectivity index (χ4v) is 2.65. The molecule has 0 saturated carbocycles. The second-order valence-corrected chi connectivity index (χ2v) is 5.30. The van der Waals surface area contributed by atoms with Crippen LogP contribution >= 0.6 is 0 Å². The molecule has 2 heterocycles. The van der Waals surface area contributed by atoms with Crippen LogP contribution < -0.4 is 9.47 Å². The molecule has 0 radical (unpaired) electrons. The van der Waals surface area contributed by atoms with Gasteiger partial charge in [0, 0.05) is 18.0 Å². The highest BCUT2D eigenvalue weighted by molar-refractivity contribution is 5.70. The summed E-state index contributed by atoms with van der Waals surface area (Å²) >= 11 is 0. The second kappa shape index (κ2) is 5.72. The number of methoxy groups -OCH3 is 1. The van der Waals surface area contributed by atoms with Gasteiger partial charge in [-0.25, -0.2) is 4.98 Å². The van der Waals surface area contributed by atoms with E-state index in [1.807, 2.05) is 35.9 Å². The van der Waals surface area contributed by atoms with Crippen LogP contribution in [0.1, 0.15) is 18.1 Å². The first-order chi connectivity index (χ1) is 10.6. The molecule has 0 bridgehead atoms. The van der Waals surface area contributed by atoms with Crippen LogP contribution in [0.25, 0.3) is 16.9 Å². The van der Waals surface area contributed by atoms with Crippen LogP contribution in [-0.2, 0) is 0 Å². The van der Waals surface area contributed by atoms with Gasteiger partial charge < -0.3 is 13.9 Å². The summed E-state index contributed by atoms with van der Waals surface area (Å²) in [4.78, 5) is 4.73. The quantitative estimate of drug-likeness (QED) is 0.729. The van der Waals surface area contributed by atoms with Crippen LogP contribution in [0.2, 0.25) is 0 Å². The van der Waals surface area contributed by atoms with Gasteiger partial charge in [-0.2, -0.15) is 0 Å². The first kappa shape index (κ1) is 14.4. The van der Waals surface area contributed by atoms with Gasteiger partial charge in [0.15, 0.2) is 11.4 Å². The van der Waals surface area contributed by atoms with E-state index in [9.17, 15) is 0 Å². The molecular formula is C18H20N2O2.